The van der Waals surface area contributed by atoms with Gasteiger partial charge in [-0.3, -0.25) is 0 Å². The molecule has 2 unspecified atom stereocenters. The second kappa shape index (κ2) is 5.52. The second-order valence-corrected chi connectivity index (χ2v) is 4.95. The van der Waals surface area contributed by atoms with Gasteiger partial charge in [0.2, 0.25) is 0 Å². The summed E-state index contributed by atoms with van der Waals surface area (Å²) in [7, 11) is 1.96. The fraction of sp³-hybridized carbons (Fsp3) is 0.286. The van der Waals surface area contributed by atoms with Gasteiger partial charge >= 0.3 is 0 Å². The zero-order valence-corrected chi connectivity index (χ0v) is 11.6. The molecule has 0 saturated carbocycles. The highest BCUT2D eigenvalue weighted by molar-refractivity contribution is 9.10. The summed E-state index contributed by atoms with van der Waals surface area (Å²) in [5, 5.41) is 3.32. The van der Waals surface area contributed by atoms with Crippen molar-refractivity contribution in [3.05, 3.63) is 58.5 Å². The van der Waals surface area contributed by atoms with Crippen molar-refractivity contribution in [2.24, 2.45) is 0 Å². The minimum Gasteiger partial charge on any atom is -0.466 e. The highest BCUT2D eigenvalue weighted by Crippen LogP contribution is 2.34. The van der Waals surface area contributed by atoms with Crippen LogP contribution in [-0.2, 0) is 0 Å². The van der Waals surface area contributed by atoms with E-state index >= 15 is 0 Å². The molecule has 0 radical (unpaired) electrons. The fourth-order valence-electron chi connectivity index (χ4n) is 2.08. The topological polar surface area (TPSA) is 25.2 Å². The molecule has 2 aromatic rings. The maximum absolute atomic E-state index is 5.55. The van der Waals surface area contributed by atoms with Gasteiger partial charge in [0.15, 0.2) is 0 Å². The summed E-state index contributed by atoms with van der Waals surface area (Å²) < 4.78 is 6.56. The van der Waals surface area contributed by atoms with Crippen LogP contribution >= 0.6 is 15.9 Å². The number of rotatable bonds is 4. The standard InChI is InChI=1S/C14H16BrNO/c1-10(11-6-4-3-5-7-11)13(16-2)14-12(15)8-9-17-14/h3-10,13,16H,1-2H3. The van der Waals surface area contributed by atoms with E-state index in [1.54, 1.807) is 6.26 Å². The van der Waals surface area contributed by atoms with Crippen LogP contribution in [0.4, 0.5) is 0 Å². The normalized spacial score (nSPS) is 14.5. The van der Waals surface area contributed by atoms with Gasteiger partial charge in [0.05, 0.1) is 16.8 Å². The van der Waals surface area contributed by atoms with E-state index < -0.39 is 0 Å². The first-order valence-corrected chi connectivity index (χ1v) is 6.48. The minimum atomic E-state index is 0.168. The second-order valence-electron chi connectivity index (χ2n) is 4.10. The van der Waals surface area contributed by atoms with Gasteiger partial charge in [-0.25, -0.2) is 0 Å². The maximum atomic E-state index is 5.55. The Balaban J connectivity index is 2.28. The van der Waals surface area contributed by atoms with Gasteiger partial charge in [-0.2, -0.15) is 0 Å². The Morgan fingerprint density at radius 3 is 2.41 bits per heavy atom. The van der Waals surface area contributed by atoms with Crippen LogP contribution < -0.4 is 5.32 Å². The molecule has 0 amide bonds. The highest BCUT2D eigenvalue weighted by atomic mass is 79.9. The number of hydrogen-bond donors (Lipinski definition) is 1. The van der Waals surface area contributed by atoms with Gasteiger partial charge in [0.1, 0.15) is 5.76 Å². The molecule has 2 nitrogen and oxygen atoms in total. The highest BCUT2D eigenvalue weighted by Gasteiger charge is 2.23. The lowest BCUT2D eigenvalue weighted by Crippen LogP contribution is -2.22. The minimum absolute atomic E-state index is 0.168. The first-order valence-electron chi connectivity index (χ1n) is 5.69. The first-order chi connectivity index (χ1) is 8.24. The molecule has 0 saturated heterocycles. The number of nitrogens with one attached hydrogen (secondary N) is 1. The van der Waals surface area contributed by atoms with Gasteiger partial charge < -0.3 is 9.73 Å². The lowest BCUT2D eigenvalue weighted by molar-refractivity contribution is 0.393. The quantitative estimate of drug-likeness (QED) is 0.918. The lowest BCUT2D eigenvalue weighted by Gasteiger charge is -2.22. The summed E-state index contributed by atoms with van der Waals surface area (Å²) in [6, 6.07) is 12.6. The molecule has 17 heavy (non-hydrogen) atoms. The van der Waals surface area contributed by atoms with Crippen molar-refractivity contribution in [1.29, 1.82) is 0 Å². The molecule has 90 valence electrons. The van der Waals surface area contributed by atoms with Crippen LogP contribution in [0, 0.1) is 0 Å². The number of furan rings is 1. The summed E-state index contributed by atoms with van der Waals surface area (Å²) in [6.07, 6.45) is 1.71. The van der Waals surface area contributed by atoms with Crippen LogP contribution in [0.15, 0.2) is 51.6 Å². The van der Waals surface area contributed by atoms with E-state index in [0.29, 0.717) is 5.92 Å². The summed E-state index contributed by atoms with van der Waals surface area (Å²) >= 11 is 3.51. The van der Waals surface area contributed by atoms with Crippen LogP contribution in [0.2, 0.25) is 0 Å². The Kier molecular flexibility index (Phi) is 4.02. The van der Waals surface area contributed by atoms with Crippen molar-refractivity contribution in [2.75, 3.05) is 7.05 Å². The predicted octanol–water partition coefficient (Wildman–Crippen LogP) is 4.11. The van der Waals surface area contributed by atoms with Crippen LogP contribution in [0.25, 0.3) is 0 Å². The molecular formula is C14H16BrNO. The molecule has 1 aromatic carbocycles. The van der Waals surface area contributed by atoms with Crippen molar-refractivity contribution < 1.29 is 4.42 Å². The molecule has 1 heterocycles. The fourth-order valence-corrected chi connectivity index (χ4v) is 2.53. The van der Waals surface area contributed by atoms with Gasteiger partial charge in [0, 0.05) is 5.92 Å². The summed E-state index contributed by atoms with van der Waals surface area (Å²) in [5.74, 6) is 1.30. The Morgan fingerprint density at radius 2 is 1.88 bits per heavy atom. The number of benzene rings is 1. The van der Waals surface area contributed by atoms with Crippen LogP contribution in [-0.4, -0.2) is 7.05 Å². The average molecular weight is 294 g/mol. The van der Waals surface area contributed by atoms with Gasteiger partial charge in [0.25, 0.3) is 0 Å². The van der Waals surface area contributed by atoms with Crippen molar-refractivity contribution in [3.63, 3.8) is 0 Å². The molecule has 0 spiro atoms. The van der Waals surface area contributed by atoms with Crippen LogP contribution in [0.3, 0.4) is 0 Å². The van der Waals surface area contributed by atoms with Crippen LogP contribution in [0.5, 0.6) is 0 Å². The van der Waals surface area contributed by atoms with E-state index in [1.807, 2.05) is 19.2 Å². The predicted molar refractivity (Wildman–Crippen MR) is 73.1 cm³/mol. The smallest absolute Gasteiger partial charge is 0.135 e. The number of hydrogen-bond acceptors (Lipinski definition) is 2. The number of likely N-dealkylation sites (N-methyl/N-ethyl adjacent to an activating group) is 1. The summed E-state index contributed by atoms with van der Waals surface area (Å²) in [6.45, 7) is 2.20. The molecule has 1 aromatic heterocycles. The monoisotopic (exact) mass is 293 g/mol. The summed E-state index contributed by atoms with van der Waals surface area (Å²) in [4.78, 5) is 0. The van der Waals surface area contributed by atoms with Crippen molar-refractivity contribution in [1.82, 2.24) is 5.32 Å². The molecule has 0 aliphatic carbocycles. The van der Waals surface area contributed by atoms with Crippen LogP contribution in [0.1, 0.15) is 30.2 Å². The Labute approximate surface area is 110 Å². The van der Waals surface area contributed by atoms with Gasteiger partial charge in [-0.05, 0) is 34.6 Å². The Morgan fingerprint density at radius 1 is 1.18 bits per heavy atom. The van der Waals surface area contributed by atoms with Crippen molar-refractivity contribution in [3.8, 4) is 0 Å². The van der Waals surface area contributed by atoms with Crippen molar-refractivity contribution in [2.45, 2.75) is 18.9 Å². The zero-order valence-electron chi connectivity index (χ0n) is 9.98. The third kappa shape index (κ3) is 2.61. The van der Waals surface area contributed by atoms with E-state index in [-0.39, 0.29) is 6.04 Å². The van der Waals surface area contributed by atoms with E-state index in [4.69, 9.17) is 4.42 Å². The zero-order chi connectivity index (χ0) is 12.3. The van der Waals surface area contributed by atoms with E-state index in [2.05, 4.69) is 52.4 Å². The molecule has 2 rings (SSSR count). The van der Waals surface area contributed by atoms with E-state index in [9.17, 15) is 0 Å². The van der Waals surface area contributed by atoms with Crippen molar-refractivity contribution >= 4 is 15.9 Å². The molecule has 0 aliphatic rings. The molecular weight excluding hydrogens is 278 g/mol. The Bertz CT molecular complexity index is 466. The summed E-state index contributed by atoms with van der Waals surface area (Å²) in [5.41, 5.74) is 1.30. The third-order valence-electron chi connectivity index (χ3n) is 3.06. The van der Waals surface area contributed by atoms with Gasteiger partial charge in [-0.15, -0.1) is 0 Å². The van der Waals surface area contributed by atoms with E-state index in [1.165, 1.54) is 5.56 Å². The lowest BCUT2D eigenvalue weighted by atomic mass is 9.92. The molecule has 2 atom stereocenters. The molecule has 1 N–H and O–H groups in total. The molecule has 0 fully saturated rings. The first kappa shape index (κ1) is 12.4. The number of halogens is 1. The largest absolute Gasteiger partial charge is 0.466 e. The maximum Gasteiger partial charge on any atom is 0.135 e. The SMILES string of the molecule is CNC(c1occc1Br)C(C)c1ccccc1. The average Bonchev–Trinajstić information content (AvgIpc) is 2.78. The van der Waals surface area contributed by atoms with Gasteiger partial charge in [-0.1, -0.05) is 37.3 Å². The molecule has 0 aliphatic heterocycles. The molecule has 0 bridgehead atoms. The third-order valence-corrected chi connectivity index (χ3v) is 3.72. The Hall–Kier alpha value is -1.06. The van der Waals surface area contributed by atoms with E-state index in [0.717, 1.165) is 10.2 Å². The molecule has 3 heteroatoms.